The van der Waals surface area contributed by atoms with Crippen LogP contribution in [0.15, 0.2) is 4.42 Å². The van der Waals surface area contributed by atoms with E-state index in [0.717, 1.165) is 12.3 Å². The summed E-state index contributed by atoms with van der Waals surface area (Å²) in [4.78, 5) is 0. The van der Waals surface area contributed by atoms with Crippen LogP contribution in [0.5, 0.6) is 0 Å². The standard InChI is InChI=1S/C9H15N3O/c1-5-11-12-8(13-5)6-4-7(10)9(6,2)3/h6-7H,4,10H2,1-3H3/t6-,7-/m1/s1. The predicted octanol–water partition coefficient (Wildman–Crippen LogP) is 1.22. The summed E-state index contributed by atoms with van der Waals surface area (Å²) >= 11 is 0. The van der Waals surface area contributed by atoms with Gasteiger partial charge in [0.1, 0.15) is 0 Å². The van der Waals surface area contributed by atoms with E-state index in [-0.39, 0.29) is 11.5 Å². The third kappa shape index (κ3) is 1.16. The van der Waals surface area contributed by atoms with Gasteiger partial charge in [-0.05, 0) is 11.8 Å². The topological polar surface area (TPSA) is 64.9 Å². The summed E-state index contributed by atoms with van der Waals surface area (Å²) < 4.78 is 5.39. The summed E-state index contributed by atoms with van der Waals surface area (Å²) in [5, 5.41) is 7.85. The van der Waals surface area contributed by atoms with Crippen LogP contribution in [0.3, 0.4) is 0 Å². The van der Waals surface area contributed by atoms with E-state index >= 15 is 0 Å². The van der Waals surface area contributed by atoms with Crippen LogP contribution in [-0.4, -0.2) is 16.2 Å². The minimum absolute atomic E-state index is 0.0962. The molecule has 2 N–H and O–H groups in total. The van der Waals surface area contributed by atoms with Gasteiger partial charge in [-0.25, -0.2) is 0 Å². The second-order valence-corrected chi connectivity index (χ2v) is 4.38. The van der Waals surface area contributed by atoms with Crippen molar-refractivity contribution in [3.63, 3.8) is 0 Å². The van der Waals surface area contributed by atoms with Crippen LogP contribution >= 0.6 is 0 Å². The molecule has 4 nitrogen and oxygen atoms in total. The highest BCUT2D eigenvalue weighted by Gasteiger charge is 2.49. The smallest absolute Gasteiger partial charge is 0.220 e. The maximum atomic E-state index is 5.90. The normalized spacial score (nSPS) is 31.4. The van der Waals surface area contributed by atoms with Crippen molar-refractivity contribution in [3.05, 3.63) is 11.8 Å². The monoisotopic (exact) mass is 181 g/mol. The van der Waals surface area contributed by atoms with E-state index in [1.54, 1.807) is 0 Å². The van der Waals surface area contributed by atoms with Crippen molar-refractivity contribution in [1.82, 2.24) is 10.2 Å². The van der Waals surface area contributed by atoms with Crippen LogP contribution in [0.25, 0.3) is 0 Å². The van der Waals surface area contributed by atoms with Crippen LogP contribution in [0.4, 0.5) is 0 Å². The molecule has 2 rings (SSSR count). The van der Waals surface area contributed by atoms with Crippen LogP contribution in [0.2, 0.25) is 0 Å². The summed E-state index contributed by atoms with van der Waals surface area (Å²) in [6.07, 6.45) is 0.953. The van der Waals surface area contributed by atoms with Crippen molar-refractivity contribution in [2.45, 2.75) is 39.2 Å². The number of hydrogen-bond acceptors (Lipinski definition) is 4. The maximum Gasteiger partial charge on any atom is 0.220 e. The molecule has 1 aliphatic carbocycles. The Morgan fingerprint density at radius 2 is 2.15 bits per heavy atom. The molecule has 0 saturated heterocycles. The van der Waals surface area contributed by atoms with E-state index < -0.39 is 0 Å². The zero-order valence-corrected chi connectivity index (χ0v) is 8.24. The molecule has 2 atom stereocenters. The fraction of sp³-hybridized carbons (Fsp3) is 0.778. The highest BCUT2D eigenvalue weighted by atomic mass is 16.4. The van der Waals surface area contributed by atoms with Gasteiger partial charge in [0, 0.05) is 18.9 Å². The van der Waals surface area contributed by atoms with E-state index in [2.05, 4.69) is 24.0 Å². The summed E-state index contributed by atoms with van der Waals surface area (Å²) in [5.41, 5.74) is 6.00. The average molecular weight is 181 g/mol. The summed E-state index contributed by atoms with van der Waals surface area (Å²) in [6.45, 7) is 6.10. The second-order valence-electron chi connectivity index (χ2n) is 4.38. The Hall–Kier alpha value is -0.900. The maximum absolute atomic E-state index is 5.90. The molecular formula is C9H15N3O. The predicted molar refractivity (Wildman–Crippen MR) is 48.1 cm³/mol. The summed E-state index contributed by atoms with van der Waals surface area (Å²) in [6, 6.07) is 0.254. The molecule has 0 spiro atoms. The Morgan fingerprint density at radius 1 is 1.46 bits per heavy atom. The molecule has 13 heavy (non-hydrogen) atoms. The highest BCUT2D eigenvalue weighted by Crippen LogP contribution is 2.50. The van der Waals surface area contributed by atoms with Crippen molar-refractivity contribution < 1.29 is 4.42 Å². The minimum Gasteiger partial charge on any atom is -0.425 e. The Bertz CT molecular complexity index is 318. The molecule has 1 aromatic heterocycles. The van der Waals surface area contributed by atoms with Crippen molar-refractivity contribution in [3.8, 4) is 0 Å². The molecule has 0 bridgehead atoms. The largest absolute Gasteiger partial charge is 0.425 e. The third-order valence-corrected chi connectivity index (χ3v) is 3.18. The number of rotatable bonds is 1. The molecule has 0 aliphatic heterocycles. The molecule has 4 heteroatoms. The van der Waals surface area contributed by atoms with Crippen molar-refractivity contribution in [2.75, 3.05) is 0 Å². The van der Waals surface area contributed by atoms with Crippen molar-refractivity contribution >= 4 is 0 Å². The first-order chi connectivity index (χ1) is 6.01. The second kappa shape index (κ2) is 2.54. The molecule has 0 aromatic carbocycles. The fourth-order valence-electron chi connectivity index (χ4n) is 1.83. The van der Waals surface area contributed by atoms with Crippen LogP contribution in [-0.2, 0) is 0 Å². The SMILES string of the molecule is Cc1nnc([C@H]2C[C@@H](N)C2(C)C)o1. The third-order valence-electron chi connectivity index (χ3n) is 3.18. The van der Waals surface area contributed by atoms with Gasteiger partial charge in [-0.3, -0.25) is 0 Å². The lowest BCUT2D eigenvalue weighted by molar-refractivity contribution is 0.0775. The molecule has 1 aliphatic rings. The Morgan fingerprint density at radius 3 is 2.54 bits per heavy atom. The first-order valence-corrected chi connectivity index (χ1v) is 4.57. The van der Waals surface area contributed by atoms with Gasteiger partial charge in [0.25, 0.3) is 0 Å². The van der Waals surface area contributed by atoms with Crippen LogP contribution in [0.1, 0.15) is 38.0 Å². The van der Waals surface area contributed by atoms with Gasteiger partial charge in [0.2, 0.25) is 11.8 Å². The van der Waals surface area contributed by atoms with Gasteiger partial charge in [0.15, 0.2) is 0 Å². The summed E-state index contributed by atoms with van der Waals surface area (Å²) in [5.74, 6) is 1.71. The number of nitrogens with two attached hydrogens (primary N) is 1. The molecule has 0 unspecified atom stereocenters. The molecular weight excluding hydrogens is 166 g/mol. The van der Waals surface area contributed by atoms with Gasteiger partial charge >= 0.3 is 0 Å². The summed E-state index contributed by atoms with van der Waals surface area (Å²) in [7, 11) is 0. The number of nitrogens with zero attached hydrogens (tertiary/aromatic N) is 2. The lowest BCUT2D eigenvalue weighted by Crippen LogP contribution is -2.52. The molecule has 72 valence electrons. The van der Waals surface area contributed by atoms with E-state index in [1.165, 1.54) is 0 Å². The average Bonchev–Trinajstić information content (AvgIpc) is 2.47. The molecule has 1 aromatic rings. The molecule has 1 heterocycles. The zero-order chi connectivity index (χ0) is 9.64. The Labute approximate surface area is 77.5 Å². The lowest BCUT2D eigenvalue weighted by Gasteiger charge is -2.48. The lowest BCUT2D eigenvalue weighted by atomic mass is 9.59. The first kappa shape index (κ1) is 8.69. The van der Waals surface area contributed by atoms with Gasteiger partial charge in [-0.15, -0.1) is 10.2 Å². The van der Waals surface area contributed by atoms with E-state index in [0.29, 0.717) is 11.8 Å². The van der Waals surface area contributed by atoms with E-state index in [4.69, 9.17) is 10.2 Å². The van der Waals surface area contributed by atoms with Gasteiger partial charge in [-0.2, -0.15) is 0 Å². The molecule has 0 amide bonds. The number of aromatic nitrogens is 2. The van der Waals surface area contributed by atoms with Crippen molar-refractivity contribution in [2.24, 2.45) is 11.1 Å². The van der Waals surface area contributed by atoms with Gasteiger partial charge in [-0.1, -0.05) is 13.8 Å². The van der Waals surface area contributed by atoms with Gasteiger partial charge < -0.3 is 10.2 Å². The van der Waals surface area contributed by atoms with E-state index in [1.807, 2.05) is 6.92 Å². The van der Waals surface area contributed by atoms with E-state index in [9.17, 15) is 0 Å². The molecule has 1 saturated carbocycles. The van der Waals surface area contributed by atoms with Gasteiger partial charge in [0.05, 0.1) is 0 Å². The molecule has 1 fully saturated rings. The first-order valence-electron chi connectivity index (χ1n) is 4.57. The molecule has 0 radical (unpaired) electrons. The quantitative estimate of drug-likeness (QED) is 0.707. The number of hydrogen-bond donors (Lipinski definition) is 1. The Balaban J connectivity index is 2.21. The van der Waals surface area contributed by atoms with Crippen LogP contribution < -0.4 is 5.73 Å². The van der Waals surface area contributed by atoms with Crippen molar-refractivity contribution in [1.29, 1.82) is 0 Å². The fourth-order valence-corrected chi connectivity index (χ4v) is 1.83. The highest BCUT2D eigenvalue weighted by molar-refractivity contribution is 5.12. The Kier molecular flexibility index (Phi) is 1.70. The van der Waals surface area contributed by atoms with Crippen LogP contribution in [0, 0.1) is 12.3 Å². The zero-order valence-electron chi connectivity index (χ0n) is 8.24. The minimum atomic E-state index is 0.0962. The number of aryl methyl sites for hydroxylation is 1.